The van der Waals surface area contributed by atoms with Gasteiger partial charge in [0.25, 0.3) is 0 Å². The second-order valence-corrected chi connectivity index (χ2v) is 4.97. The van der Waals surface area contributed by atoms with Gasteiger partial charge in [-0.3, -0.25) is 4.57 Å². The van der Waals surface area contributed by atoms with Crippen LogP contribution in [-0.2, 0) is 10.6 Å². The van der Waals surface area contributed by atoms with Gasteiger partial charge in [-0.2, -0.15) is 0 Å². The molecule has 0 fully saturated rings. The van der Waals surface area contributed by atoms with Crippen molar-refractivity contribution in [3.8, 4) is 5.69 Å². The number of aromatic nitrogens is 3. The van der Waals surface area contributed by atoms with Gasteiger partial charge in [0.1, 0.15) is 5.82 Å². The van der Waals surface area contributed by atoms with Crippen molar-refractivity contribution in [3.63, 3.8) is 0 Å². The zero-order valence-corrected chi connectivity index (χ0v) is 12.7. The summed E-state index contributed by atoms with van der Waals surface area (Å²) >= 11 is 9.18. The Labute approximate surface area is 123 Å². The number of rotatable bonds is 3. The molecule has 1 aromatic carbocycles. The molecule has 5 nitrogen and oxygen atoms in total. The topological polar surface area (TPSA) is 57.0 Å². The van der Waals surface area contributed by atoms with E-state index in [4.69, 9.17) is 16.3 Å². The molecule has 2 rings (SSSR count). The van der Waals surface area contributed by atoms with Crippen molar-refractivity contribution >= 4 is 33.5 Å². The molecule has 0 aliphatic rings. The number of carbonyl (C=O) groups is 1. The van der Waals surface area contributed by atoms with E-state index in [0.717, 1.165) is 4.47 Å². The standard InChI is InChI=1S/C12H11BrClN3O2/c1-7-15-16-11(6-14)17(7)10-4-3-8(13)5-9(10)12(18)19-2/h3-5H,6H2,1-2H3. The highest BCUT2D eigenvalue weighted by Gasteiger charge is 2.18. The molecule has 0 N–H and O–H groups in total. The van der Waals surface area contributed by atoms with Crippen LogP contribution in [0, 0.1) is 6.92 Å². The van der Waals surface area contributed by atoms with Crippen LogP contribution in [0.15, 0.2) is 22.7 Å². The number of carbonyl (C=O) groups excluding carboxylic acids is 1. The predicted octanol–water partition coefficient (Wildman–Crippen LogP) is 2.86. The maximum Gasteiger partial charge on any atom is 0.340 e. The SMILES string of the molecule is COC(=O)c1cc(Br)ccc1-n1c(C)nnc1CCl. The number of ether oxygens (including phenoxy) is 1. The fraction of sp³-hybridized carbons (Fsp3) is 0.250. The number of benzene rings is 1. The summed E-state index contributed by atoms with van der Waals surface area (Å²) in [7, 11) is 1.34. The number of esters is 1. The normalized spacial score (nSPS) is 10.5. The van der Waals surface area contributed by atoms with Crippen molar-refractivity contribution in [1.82, 2.24) is 14.8 Å². The van der Waals surface area contributed by atoms with E-state index in [0.29, 0.717) is 22.9 Å². The number of halogens is 2. The molecule has 0 saturated carbocycles. The van der Waals surface area contributed by atoms with Crippen LogP contribution < -0.4 is 0 Å². The van der Waals surface area contributed by atoms with Crippen LogP contribution in [0.3, 0.4) is 0 Å². The van der Waals surface area contributed by atoms with Crippen molar-refractivity contribution in [2.24, 2.45) is 0 Å². The van der Waals surface area contributed by atoms with E-state index in [1.807, 2.05) is 6.07 Å². The van der Waals surface area contributed by atoms with Gasteiger partial charge >= 0.3 is 5.97 Å². The fourth-order valence-electron chi connectivity index (χ4n) is 1.78. The first-order chi connectivity index (χ1) is 9.08. The molecule has 7 heteroatoms. The Morgan fingerprint density at radius 2 is 2.21 bits per heavy atom. The first-order valence-electron chi connectivity index (χ1n) is 5.43. The lowest BCUT2D eigenvalue weighted by atomic mass is 10.1. The Morgan fingerprint density at radius 1 is 1.47 bits per heavy atom. The van der Waals surface area contributed by atoms with Gasteiger partial charge in [-0.25, -0.2) is 4.79 Å². The second kappa shape index (κ2) is 5.71. The second-order valence-electron chi connectivity index (χ2n) is 3.79. The lowest BCUT2D eigenvalue weighted by Crippen LogP contribution is -2.10. The Morgan fingerprint density at radius 3 is 2.84 bits per heavy atom. The maximum absolute atomic E-state index is 11.9. The molecule has 0 bridgehead atoms. The van der Waals surface area contributed by atoms with Gasteiger partial charge in [-0.15, -0.1) is 21.8 Å². The molecule has 19 heavy (non-hydrogen) atoms. The van der Waals surface area contributed by atoms with Gasteiger partial charge < -0.3 is 4.74 Å². The minimum Gasteiger partial charge on any atom is -0.465 e. The molecule has 0 spiro atoms. The molecule has 1 heterocycles. The smallest absolute Gasteiger partial charge is 0.340 e. The van der Waals surface area contributed by atoms with E-state index in [-0.39, 0.29) is 5.88 Å². The fourth-order valence-corrected chi connectivity index (χ4v) is 2.32. The van der Waals surface area contributed by atoms with E-state index < -0.39 is 5.97 Å². The monoisotopic (exact) mass is 343 g/mol. The summed E-state index contributed by atoms with van der Waals surface area (Å²) in [5.41, 5.74) is 1.07. The number of alkyl halides is 1. The zero-order chi connectivity index (χ0) is 14.0. The quantitative estimate of drug-likeness (QED) is 0.634. The lowest BCUT2D eigenvalue weighted by molar-refractivity contribution is 0.0600. The van der Waals surface area contributed by atoms with Crippen LogP contribution >= 0.6 is 27.5 Å². The molecular weight excluding hydrogens is 334 g/mol. The Balaban J connectivity index is 2.68. The van der Waals surface area contributed by atoms with E-state index in [1.54, 1.807) is 23.6 Å². The van der Waals surface area contributed by atoms with Gasteiger partial charge in [0.15, 0.2) is 5.82 Å². The molecule has 0 atom stereocenters. The minimum absolute atomic E-state index is 0.206. The number of methoxy groups -OCH3 is 1. The minimum atomic E-state index is -0.426. The molecule has 100 valence electrons. The Hall–Kier alpha value is -1.40. The Kier molecular flexibility index (Phi) is 4.21. The molecule has 0 aliphatic heterocycles. The van der Waals surface area contributed by atoms with E-state index in [9.17, 15) is 4.79 Å². The maximum atomic E-state index is 11.9. The largest absolute Gasteiger partial charge is 0.465 e. The van der Waals surface area contributed by atoms with Crippen LogP contribution in [0.2, 0.25) is 0 Å². The summed E-state index contributed by atoms with van der Waals surface area (Å²) in [6, 6.07) is 5.32. The van der Waals surface area contributed by atoms with Crippen LogP contribution in [0.5, 0.6) is 0 Å². The molecule has 0 radical (unpaired) electrons. The summed E-state index contributed by atoms with van der Waals surface area (Å²) in [6.45, 7) is 1.80. The van der Waals surface area contributed by atoms with E-state index in [2.05, 4.69) is 26.1 Å². The molecule has 0 aliphatic carbocycles. The molecule has 0 amide bonds. The molecule has 2 aromatic rings. The third kappa shape index (κ3) is 2.64. The van der Waals surface area contributed by atoms with Crippen LogP contribution in [0.1, 0.15) is 22.0 Å². The van der Waals surface area contributed by atoms with Crippen molar-refractivity contribution in [2.75, 3.05) is 7.11 Å². The average Bonchev–Trinajstić information content (AvgIpc) is 2.79. The van der Waals surface area contributed by atoms with Crippen molar-refractivity contribution in [3.05, 3.63) is 39.9 Å². The number of aryl methyl sites for hydroxylation is 1. The van der Waals surface area contributed by atoms with Gasteiger partial charge in [0.05, 0.1) is 24.2 Å². The highest BCUT2D eigenvalue weighted by molar-refractivity contribution is 9.10. The van der Waals surface area contributed by atoms with Gasteiger partial charge in [-0.05, 0) is 25.1 Å². The summed E-state index contributed by atoms with van der Waals surface area (Å²) in [5.74, 6) is 1.01. The summed E-state index contributed by atoms with van der Waals surface area (Å²) in [4.78, 5) is 11.9. The lowest BCUT2D eigenvalue weighted by Gasteiger charge is -2.12. The molecule has 0 saturated heterocycles. The summed E-state index contributed by atoms with van der Waals surface area (Å²) in [5, 5.41) is 7.95. The molecule has 1 aromatic heterocycles. The van der Waals surface area contributed by atoms with E-state index in [1.165, 1.54) is 7.11 Å². The van der Waals surface area contributed by atoms with Crippen LogP contribution in [0.4, 0.5) is 0 Å². The van der Waals surface area contributed by atoms with Gasteiger partial charge in [-0.1, -0.05) is 15.9 Å². The highest BCUT2D eigenvalue weighted by Crippen LogP contribution is 2.23. The summed E-state index contributed by atoms with van der Waals surface area (Å²) in [6.07, 6.45) is 0. The molecule has 0 unspecified atom stereocenters. The van der Waals surface area contributed by atoms with Crippen molar-refractivity contribution in [1.29, 1.82) is 0 Å². The van der Waals surface area contributed by atoms with Crippen LogP contribution in [0.25, 0.3) is 5.69 Å². The zero-order valence-electron chi connectivity index (χ0n) is 10.4. The first kappa shape index (κ1) is 14.0. The van der Waals surface area contributed by atoms with Crippen LogP contribution in [-0.4, -0.2) is 27.8 Å². The number of hydrogen-bond donors (Lipinski definition) is 0. The average molecular weight is 345 g/mol. The first-order valence-corrected chi connectivity index (χ1v) is 6.76. The van der Waals surface area contributed by atoms with Crippen molar-refractivity contribution in [2.45, 2.75) is 12.8 Å². The van der Waals surface area contributed by atoms with Gasteiger partial charge in [0.2, 0.25) is 0 Å². The third-order valence-electron chi connectivity index (χ3n) is 2.62. The third-order valence-corrected chi connectivity index (χ3v) is 3.35. The molecular formula is C12H11BrClN3O2. The highest BCUT2D eigenvalue weighted by atomic mass is 79.9. The van der Waals surface area contributed by atoms with Gasteiger partial charge in [0, 0.05) is 4.47 Å². The van der Waals surface area contributed by atoms with Crippen molar-refractivity contribution < 1.29 is 9.53 Å². The number of hydrogen-bond acceptors (Lipinski definition) is 4. The number of nitrogens with zero attached hydrogens (tertiary/aromatic N) is 3. The Bertz CT molecular complexity index is 627. The predicted molar refractivity (Wildman–Crippen MR) is 74.7 cm³/mol. The summed E-state index contributed by atoms with van der Waals surface area (Å²) < 4.78 is 7.33. The van der Waals surface area contributed by atoms with E-state index >= 15 is 0 Å².